The van der Waals surface area contributed by atoms with Crippen LogP contribution in [0.4, 0.5) is 5.69 Å². The highest BCUT2D eigenvalue weighted by atomic mass is 32.2. The minimum atomic E-state index is -3.05. The number of benzene rings is 1. The highest BCUT2D eigenvalue weighted by Gasteiger charge is 2.49. The molecule has 1 amide bonds. The number of fused-ring (bicyclic) bond motifs is 1. The van der Waals surface area contributed by atoms with E-state index < -0.39 is 9.84 Å². The predicted octanol–water partition coefficient (Wildman–Crippen LogP) is 3.07. The Labute approximate surface area is 153 Å². The molecule has 0 bridgehead atoms. The first-order valence-corrected chi connectivity index (χ1v) is 11.3. The van der Waals surface area contributed by atoms with Crippen LogP contribution in [0.25, 0.3) is 0 Å². The van der Waals surface area contributed by atoms with Crippen molar-refractivity contribution >= 4 is 38.4 Å². The lowest BCUT2D eigenvalue weighted by Gasteiger charge is -2.28. The molecular formula is C18H24N2O3S2. The van der Waals surface area contributed by atoms with E-state index in [1.165, 1.54) is 11.8 Å². The Kier molecular flexibility index (Phi) is 4.99. The molecule has 5 nitrogen and oxygen atoms in total. The van der Waals surface area contributed by atoms with Gasteiger partial charge in [0.1, 0.15) is 0 Å². The average molecular weight is 381 g/mol. The molecule has 7 heteroatoms. The van der Waals surface area contributed by atoms with Gasteiger partial charge in [0.15, 0.2) is 15.0 Å². The Bertz CT molecular complexity index is 815. The lowest BCUT2D eigenvalue weighted by Crippen LogP contribution is -2.38. The normalized spacial score (nSPS) is 26.6. The zero-order valence-corrected chi connectivity index (χ0v) is 16.6. The summed E-state index contributed by atoms with van der Waals surface area (Å²) in [6.45, 7) is 7.87. The molecule has 2 saturated heterocycles. The first-order valence-electron chi connectivity index (χ1n) is 8.57. The second-order valence-electron chi connectivity index (χ2n) is 7.27. The number of carbonyl (C=O) groups is 1. The van der Waals surface area contributed by atoms with Gasteiger partial charge < -0.3 is 4.90 Å². The minimum Gasteiger partial charge on any atom is -0.315 e. The fourth-order valence-corrected chi connectivity index (χ4v) is 7.18. The van der Waals surface area contributed by atoms with Crippen LogP contribution in [0.3, 0.4) is 0 Å². The number of nitrogens with zero attached hydrogens (tertiary/aromatic N) is 2. The van der Waals surface area contributed by atoms with Crippen LogP contribution in [0.5, 0.6) is 0 Å². The van der Waals surface area contributed by atoms with Crippen molar-refractivity contribution in [2.75, 3.05) is 16.4 Å². The van der Waals surface area contributed by atoms with Gasteiger partial charge in [0.2, 0.25) is 0 Å². The van der Waals surface area contributed by atoms with Crippen molar-refractivity contribution in [3.63, 3.8) is 0 Å². The van der Waals surface area contributed by atoms with Crippen LogP contribution in [0.15, 0.2) is 29.3 Å². The lowest BCUT2D eigenvalue weighted by molar-refractivity contribution is -0.120. The van der Waals surface area contributed by atoms with Gasteiger partial charge in [-0.15, -0.1) is 0 Å². The molecule has 0 spiro atoms. The first-order chi connectivity index (χ1) is 11.7. The zero-order chi connectivity index (χ0) is 18.4. The molecule has 0 aromatic heterocycles. The van der Waals surface area contributed by atoms with Gasteiger partial charge in [-0.3, -0.25) is 4.79 Å². The fraction of sp³-hybridized carbons (Fsp3) is 0.556. The first kappa shape index (κ1) is 18.5. The fourth-order valence-electron chi connectivity index (χ4n) is 3.26. The molecule has 2 aliphatic heterocycles. The standard InChI is InChI=1S/C18H24N2O3S2/c1-11(2)13-7-5-6-8-14(13)20-15-9-25(22,23)10-16(15)24-18(20)19-17(21)12(3)4/h5-8,11-12,15-16H,9-10H2,1-4H3/t15-,16+/m0/s1. The van der Waals surface area contributed by atoms with E-state index in [1.807, 2.05) is 36.9 Å². The summed E-state index contributed by atoms with van der Waals surface area (Å²) < 4.78 is 24.3. The maximum atomic E-state index is 12.2. The van der Waals surface area contributed by atoms with Crippen LogP contribution in [-0.2, 0) is 14.6 Å². The van der Waals surface area contributed by atoms with Gasteiger partial charge >= 0.3 is 0 Å². The van der Waals surface area contributed by atoms with Gasteiger partial charge in [-0.1, -0.05) is 57.7 Å². The molecule has 0 radical (unpaired) electrons. The summed E-state index contributed by atoms with van der Waals surface area (Å²) >= 11 is 1.43. The van der Waals surface area contributed by atoms with Crippen molar-refractivity contribution in [1.29, 1.82) is 0 Å². The number of rotatable bonds is 3. The summed E-state index contributed by atoms with van der Waals surface area (Å²) in [6.07, 6.45) is 0. The van der Waals surface area contributed by atoms with Crippen LogP contribution >= 0.6 is 11.8 Å². The Morgan fingerprint density at radius 3 is 2.52 bits per heavy atom. The van der Waals surface area contributed by atoms with Crippen LogP contribution in [0.2, 0.25) is 0 Å². The zero-order valence-electron chi connectivity index (χ0n) is 15.0. The number of thioether (sulfide) groups is 1. The molecule has 3 rings (SSSR count). The summed E-state index contributed by atoms with van der Waals surface area (Å²) in [7, 11) is -3.05. The van der Waals surface area contributed by atoms with E-state index in [2.05, 4.69) is 24.9 Å². The Hall–Kier alpha value is -1.34. The van der Waals surface area contributed by atoms with Crippen molar-refractivity contribution in [3.8, 4) is 0 Å². The maximum absolute atomic E-state index is 12.2. The topological polar surface area (TPSA) is 66.8 Å². The van der Waals surface area contributed by atoms with Gasteiger partial charge in [0.25, 0.3) is 5.91 Å². The molecule has 2 heterocycles. The third-order valence-electron chi connectivity index (χ3n) is 4.58. The maximum Gasteiger partial charge on any atom is 0.250 e. The number of para-hydroxylation sites is 1. The highest BCUT2D eigenvalue weighted by Crippen LogP contribution is 2.43. The van der Waals surface area contributed by atoms with E-state index >= 15 is 0 Å². The summed E-state index contributed by atoms with van der Waals surface area (Å²) in [4.78, 5) is 18.5. The van der Waals surface area contributed by atoms with Gasteiger partial charge in [-0.25, -0.2) is 8.42 Å². The van der Waals surface area contributed by atoms with Crippen molar-refractivity contribution in [2.45, 2.75) is 44.9 Å². The SMILES string of the molecule is CC(C)C(=O)N=C1S[C@@H]2CS(=O)(=O)C[C@@H]2N1c1ccccc1C(C)C. The largest absolute Gasteiger partial charge is 0.315 e. The van der Waals surface area contributed by atoms with Crippen LogP contribution in [-0.4, -0.2) is 42.3 Å². The van der Waals surface area contributed by atoms with E-state index in [-0.39, 0.29) is 34.6 Å². The molecule has 0 N–H and O–H groups in total. The van der Waals surface area contributed by atoms with Gasteiger partial charge in [0.05, 0.1) is 17.5 Å². The smallest absolute Gasteiger partial charge is 0.250 e. The molecule has 136 valence electrons. The lowest BCUT2D eigenvalue weighted by atomic mass is 9.99. The Balaban J connectivity index is 2.09. The van der Waals surface area contributed by atoms with Gasteiger partial charge in [0, 0.05) is 16.9 Å². The molecule has 1 aromatic carbocycles. The molecule has 2 atom stereocenters. The summed E-state index contributed by atoms with van der Waals surface area (Å²) in [5, 5.41) is 0.570. The number of aliphatic imine (C=N–C) groups is 1. The van der Waals surface area contributed by atoms with E-state index in [0.29, 0.717) is 11.1 Å². The molecule has 0 aliphatic carbocycles. The average Bonchev–Trinajstić information content (AvgIpc) is 2.97. The van der Waals surface area contributed by atoms with Gasteiger partial charge in [-0.2, -0.15) is 4.99 Å². The summed E-state index contributed by atoms with van der Waals surface area (Å²) in [5.74, 6) is 0.209. The van der Waals surface area contributed by atoms with E-state index in [1.54, 1.807) is 0 Å². The van der Waals surface area contributed by atoms with Crippen molar-refractivity contribution in [2.24, 2.45) is 10.9 Å². The summed E-state index contributed by atoms with van der Waals surface area (Å²) in [6, 6.07) is 7.83. The van der Waals surface area contributed by atoms with E-state index in [0.717, 1.165) is 11.3 Å². The minimum absolute atomic E-state index is 0.0658. The number of hydrogen-bond acceptors (Lipinski definition) is 4. The van der Waals surface area contributed by atoms with E-state index in [9.17, 15) is 13.2 Å². The molecule has 0 unspecified atom stereocenters. The number of amides is 1. The van der Waals surface area contributed by atoms with Crippen LogP contribution in [0.1, 0.15) is 39.2 Å². The third-order valence-corrected chi connectivity index (χ3v) is 7.79. The van der Waals surface area contributed by atoms with Crippen LogP contribution in [0, 0.1) is 5.92 Å². The highest BCUT2D eigenvalue weighted by molar-refractivity contribution is 8.16. The second-order valence-corrected chi connectivity index (χ2v) is 10.6. The number of carbonyl (C=O) groups excluding carboxylic acids is 1. The molecule has 2 fully saturated rings. The van der Waals surface area contributed by atoms with Crippen LogP contribution < -0.4 is 4.90 Å². The van der Waals surface area contributed by atoms with Crippen molar-refractivity contribution in [3.05, 3.63) is 29.8 Å². The second kappa shape index (κ2) is 6.76. The summed E-state index contributed by atoms with van der Waals surface area (Å²) in [5.41, 5.74) is 2.10. The molecule has 0 saturated carbocycles. The number of sulfone groups is 1. The molecular weight excluding hydrogens is 356 g/mol. The predicted molar refractivity (Wildman–Crippen MR) is 104 cm³/mol. The molecule has 25 heavy (non-hydrogen) atoms. The quantitative estimate of drug-likeness (QED) is 0.806. The monoisotopic (exact) mass is 380 g/mol. The molecule has 2 aliphatic rings. The number of hydrogen-bond donors (Lipinski definition) is 0. The van der Waals surface area contributed by atoms with E-state index in [4.69, 9.17) is 0 Å². The van der Waals surface area contributed by atoms with Crippen molar-refractivity contribution in [1.82, 2.24) is 0 Å². The Morgan fingerprint density at radius 1 is 1.20 bits per heavy atom. The molecule has 1 aromatic rings. The number of amidine groups is 1. The van der Waals surface area contributed by atoms with Crippen molar-refractivity contribution < 1.29 is 13.2 Å². The Morgan fingerprint density at radius 2 is 1.88 bits per heavy atom. The third kappa shape index (κ3) is 3.62. The number of anilines is 1. The van der Waals surface area contributed by atoms with Gasteiger partial charge in [-0.05, 0) is 17.5 Å².